The van der Waals surface area contributed by atoms with Crippen LogP contribution >= 0.6 is 0 Å². The first-order valence-electron chi connectivity index (χ1n) is 4.60. The van der Waals surface area contributed by atoms with Gasteiger partial charge in [0.1, 0.15) is 0 Å². The molecule has 0 aliphatic heterocycles. The van der Waals surface area contributed by atoms with E-state index in [1.807, 2.05) is 0 Å². The topological polar surface area (TPSA) is 66.5 Å². The normalized spacial score (nSPS) is 13.8. The summed E-state index contributed by atoms with van der Waals surface area (Å²) in [5.41, 5.74) is 4.20. The number of halogens is 3. The fourth-order valence-corrected chi connectivity index (χ4v) is 1.37. The highest BCUT2D eigenvalue weighted by Gasteiger charge is 2.35. The number of hydrogen-bond donors (Lipinski definition) is 3. The number of aromatic hydroxyl groups is 2. The van der Waals surface area contributed by atoms with Gasteiger partial charge in [-0.1, -0.05) is 6.92 Å². The molecule has 0 amide bonds. The lowest BCUT2D eigenvalue weighted by molar-refractivity contribution is -0.138. The number of rotatable bonds is 2. The van der Waals surface area contributed by atoms with Gasteiger partial charge in [-0.2, -0.15) is 13.2 Å². The zero-order valence-electron chi connectivity index (χ0n) is 8.54. The average molecular weight is 235 g/mol. The van der Waals surface area contributed by atoms with Gasteiger partial charge in [0.15, 0.2) is 11.5 Å². The number of benzene rings is 1. The number of nitrogens with two attached hydrogens (primary N) is 1. The minimum atomic E-state index is -4.58. The van der Waals surface area contributed by atoms with Gasteiger partial charge in [0.2, 0.25) is 0 Å². The van der Waals surface area contributed by atoms with Gasteiger partial charge in [0.05, 0.1) is 5.56 Å². The third-order valence-electron chi connectivity index (χ3n) is 2.34. The highest BCUT2D eigenvalue weighted by molar-refractivity contribution is 5.48. The Morgan fingerprint density at radius 1 is 1.25 bits per heavy atom. The zero-order valence-corrected chi connectivity index (χ0v) is 8.54. The van der Waals surface area contributed by atoms with Crippen molar-refractivity contribution in [2.75, 3.05) is 6.54 Å². The van der Waals surface area contributed by atoms with E-state index in [1.54, 1.807) is 0 Å². The smallest absolute Gasteiger partial charge is 0.416 e. The van der Waals surface area contributed by atoms with E-state index >= 15 is 0 Å². The molecule has 0 fully saturated rings. The first-order chi connectivity index (χ1) is 7.27. The molecule has 0 saturated carbocycles. The van der Waals surface area contributed by atoms with Crippen molar-refractivity contribution in [3.8, 4) is 11.5 Å². The zero-order chi connectivity index (χ0) is 12.5. The second kappa shape index (κ2) is 4.21. The molecule has 0 aromatic heterocycles. The van der Waals surface area contributed by atoms with Crippen LogP contribution in [0.3, 0.4) is 0 Å². The summed E-state index contributed by atoms with van der Waals surface area (Å²) in [6.45, 7) is 1.54. The van der Waals surface area contributed by atoms with Crippen LogP contribution in [0.1, 0.15) is 24.0 Å². The van der Waals surface area contributed by atoms with E-state index < -0.39 is 29.2 Å². The summed E-state index contributed by atoms with van der Waals surface area (Å²) in [7, 11) is 0. The molecule has 0 aliphatic carbocycles. The second-order valence-electron chi connectivity index (χ2n) is 3.56. The highest BCUT2D eigenvalue weighted by Crippen LogP contribution is 2.40. The third kappa shape index (κ3) is 2.38. The summed E-state index contributed by atoms with van der Waals surface area (Å²) >= 11 is 0. The summed E-state index contributed by atoms with van der Waals surface area (Å²) in [5.74, 6) is -1.92. The molecule has 0 aliphatic rings. The molecule has 90 valence electrons. The van der Waals surface area contributed by atoms with Crippen LogP contribution in [0.4, 0.5) is 13.2 Å². The van der Waals surface area contributed by atoms with Crippen LogP contribution in [0, 0.1) is 0 Å². The summed E-state index contributed by atoms with van der Waals surface area (Å²) in [5, 5.41) is 18.2. The van der Waals surface area contributed by atoms with Crippen LogP contribution in [0.25, 0.3) is 0 Å². The van der Waals surface area contributed by atoms with Crippen molar-refractivity contribution in [3.05, 3.63) is 23.3 Å². The molecule has 1 unspecified atom stereocenters. The summed E-state index contributed by atoms with van der Waals surface area (Å²) < 4.78 is 37.9. The number of hydrogen-bond acceptors (Lipinski definition) is 3. The molecule has 0 spiro atoms. The molecule has 1 rings (SSSR count). The Kier molecular flexibility index (Phi) is 3.32. The lowest BCUT2D eigenvalue weighted by Crippen LogP contribution is -2.15. The Hall–Kier alpha value is -1.43. The first-order valence-corrected chi connectivity index (χ1v) is 4.60. The Labute approximate surface area is 90.3 Å². The predicted molar refractivity (Wildman–Crippen MR) is 52.2 cm³/mol. The molecule has 1 atom stereocenters. The molecule has 1 aromatic rings. The van der Waals surface area contributed by atoms with Gasteiger partial charge >= 0.3 is 6.18 Å². The Balaban J connectivity index is 3.39. The van der Waals surface area contributed by atoms with Crippen LogP contribution in [0.2, 0.25) is 0 Å². The third-order valence-corrected chi connectivity index (χ3v) is 2.34. The van der Waals surface area contributed by atoms with Crippen molar-refractivity contribution >= 4 is 0 Å². The minimum absolute atomic E-state index is 0.0211. The lowest BCUT2D eigenvalue weighted by atomic mass is 9.94. The summed E-state index contributed by atoms with van der Waals surface area (Å²) in [6.07, 6.45) is -4.58. The van der Waals surface area contributed by atoms with Crippen molar-refractivity contribution in [2.24, 2.45) is 5.73 Å². The predicted octanol–water partition coefficient (Wildman–Crippen LogP) is 2.18. The van der Waals surface area contributed by atoms with Crippen LogP contribution in [-0.2, 0) is 6.18 Å². The van der Waals surface area contributed by atoms with Crippen LogP contribution in [0.15, 0.2) is 12.1 Å². The lowest BCUT2D eigenvalue weighted by Gasteiger charge is -2.18. The quantitative estimate of drug-likeness (QED) is 0.688. The molecule has 1 aromatic carbocycles. The SMILES string of the molecule is CC(CN)c1cc(O)c(O)cc1C(F)(F)F. The van der Waals surface area contributed by atoms with Gasteiger partial charge in [0, 0.05) is 0 Å². The highest BCUT2D eigenvalue weighted by atomic mass is 19.4. The number of phenolic OH excluding ortho intramolecular Hbond substituents is 2. The summed E-state index contributed by atoms with van der Waals surface area (Å²) in [4.78, 5) is 0. The summed E-state index contributed by atoms with van der Waals surface area (Å²) in [6, 6.07) is 1.41. The first kappa shape index (κ1) is 12.6. The number of phenols is 2. The molecule has 0 radical (unpaired) electrons. The van der Waals surface area contributed by atoms with Crippen molar-refractivity contribution in [3.63, 3.8) is 0 Å². The van der Waals surface area contributed by atoms with Gasteiger partial charge in [-0.25, -0.2) is 0 Å². The molecule has 6 heteroatoms. The molecule has 3 nitrogen and oxygen atoms in total. The fraction of sp³-hybridized carbons (Fsp3) is 0.400. The second-order valence-corrected chi connectivity index (χ2v) is 3.56. The maximum absolute atomic E-state index is 12.6. The monoisotopic (exact) mass is 235 g/mol. The van der Waals surface area contributed by atoms with Gasteiger partial charge < -0.3 is 15.9 Å². The van der Waals surface area contributed by atoms with Crippen molar-refractivity contribution in [1.29, 1.82) is 0 Å². The molecular weight excluding hydrogens is 223 g/mol. The van der Waals surface area contributed by atoms with Crippen molar-refractivity contribution < 1.29 is 23.4 Å². The Bertz CT molecular complexity index is 390. The van der Waals surface area contributed by atoms with Crippen LogP contribution < -0.4 is 5.73 Å². The van der Waals surface area contributed by atoms with E-state index in [0.29, 0.717) is 6.07 Å². The van der Waals surface area contributed by atoms with E-state index in [4.69, 9.17) is 10.8 Å². The van der Waals surface area contributed by atoms with E-state index in [1.165, 1.54) is 6.92 Å². The van der Waals surface area contributed by atoms with Gasteiger partial charge in [-0.3, -0.25) is 0 Å². The van der Waals surface area contributed by atoms with E-state index in [9.17, 15) is 18.3 Å². The van der Waals surface area contributed by atoms with Crippen LogP contribution in [-0.4, -0.2) is 16.8 Å². The Morgan fingerprint density at radius 2 is 1.75 bits per heavy atom. The van der Waals surface area contributed by atoms with E-state index in [0.717, 1.165) is 6.07 Å². The molecule has 4 N–H and O–H groups in total. The average Bonchev–Trinajstić information content (AvgIpc) is 2.18. The molecule has 0 saturated heterocycles. The van der Waals surface area contributed by atoms with Gasteiger partial charge in [-0.05, 0) is 30.2 Å². The molecule has 0 bridgehead atoms. The van der Waals surface area contributed by atoms with E-state index in [2.05, 4.69) is 0 Å². The van der Waals surface area contributed by atoms with Gasteiger partial charge in [0.25, 0.3) is 0 Å². The Morgan fingerprint density at radius 3 is 2.19 bits per heavy atom. The standard InChI is InChI=1S/C10H12F3NO2/c1-5(4-14)6-2-8(15)9(16)3-7(6)10(11,12)13/h2-3,5,15-16H,4,14H2,1H3. The largest absolute Gasteiger partial charge is 0.504 e. The van der Waals surface area contributed by atoms with Crippen molar-refractivity contribution in [2.45, 2.75) is 19.0 Å². The van der Waals surface area contributed by atoms with Crippen molar-refractivity contribution in [1.82, 2.24) is 0 Å². The van der Waals surface area contributed by atoms with E-state index in [-0.39, 0.29) is 12.1 Å². The number of alkyl halides is 3. The minimum Gasteiger partial charge on any atom is -0.504 e. The fourth-order valence-electron chi connectivity index (χ4n) is 1.37. The maximum Gasteiger partial charge on any atom is 0.416 e. The molecule has 16 heavy (non-hydrogen) atoms. The maximum atomic E-state index is 12.6. The molecular formula is C10H12F3NO2. The molecule has 0 heterocycles. The van der Waals surface area contributed by atoms with Gasteiger partial charge in [-0.15, -0.1) is 0 Å². The van der Waals surface area contributed by atoms with Crippen LogP contribution in [0.5, 0.6) is 11.5 Å².